The van der Waals surface area contributed by atoms with Gasteiger partial charge in [-0.3, -0.25) is 9.69 Å². The Labute approximate surface area is 143 Å². The molecule has 0 saturated carbocycles. The summed E-state index contributed by atoms with van der Waals surface area (Å²) in [6.45, 7) is 5.91. The molecule has 3 unspecified atom stereocenters. The van der Waals surface area contributed by atoms with E-state index in [0.717, 1.165) is 12.0 Å². The number of hydrogen-bond acceptors (Lipinski definition) is 4. The third-order valence-corrected chi connectivity index (χ3v) is 4.39. The predicted octanol–water partition coefficient (Wildman–Crippen LogP) is 2.52. The van der Waals surface area contributed by atoms with Gasteiger partial charge in [0.15, 0.2) is 0 Å². The van der Waals surface area contributed by atoms with E-state index in [2.05, 4.69) is 5.32 Å². The third kappa shape index (κ3) is 5.60. The summed E-state index contributed by atoms with van der Waals surface area (Å²) in [5, 5.41) is 2.75. The lowest BCUT2D eigenvalue weighted by Gasteiger charge is -2.27. The van der Waals surface area contributed by atoms with E-state index in [1.165, 1.54) is 19.2 Å². The summed E-state index contributed by atoms with van der Waals surface area (Å²) in [6, 6.07) is 5.49. The van der Waals surface area contributed by atoms with Crippen molar-refractivity contribution >= 4 is 11.9 Å². The number of nitrogens with one attached hydrogen (secondary N) is 1. The van der Waals surface area contributed by atoms with Crippen LogP contribution in [0.5, 0.6) is 0 Å². The van der Waals surface area contributed by atoms with E-state index in [-0.39, 0.29) is 30.2 Å². The molecule has 0 heterocycles. The number of esters is 1. The summed E-state index contributed by atoms with van der Waals surface area (Å²) >= 11 is 0. The van der Waals surface area contributed by atoms with Gasteiger partial charge in [-0.25, -0.2) is 9.18 Å². The summed E-state index contributed by atoms with van der Waals surface area (Å²) in [6.07, 6.45) is 0.752. The van der Waals surface area contributed by atoms with E-state index in [9.17, 15) is 14.0 Å². The molecule has 0 aromatic heterocycles. The molecule has 0 aliphatic rings. The number of halogens is 1. The smallest absolute Gasteiger partial charge is 0.328 e. The van der Waals surface area contributed by atoms with Crippen molar-refractivity contribution in [3.63, 3.8) is 0 Å². The van der Waals surface area contributed by atoms with Crippen LogP contribution in [0.15, 0.2) is 24.3 Å². The van der Waals surface area contributed by atoms with Crippen molar-refractivity contribution in [2.75, 3.05) is 20.7 Å². The molecule has 1 aromatic rings. The largest absolute Gasteiger partial charge is 0.467 e. The first-order chi connectivity index (χ1) is 11.3. The molecule has 0 radical (unpaired) electrons. The predicted molar refractivity (Wildman–Crippen MR) is 90.8 cm³/mol. The minimum absolute atomic E-state index is 0.0128. The highest BCUT2D eigenvalue weighted by atomic mass is 19.1. The van der Waals surface area contributed by atoms with E-state index < -0.39 is 12.0 Å². The Morgan fingerprint density at radius 2 is 1.83 bits per heavy atom. The van der Waals surface area contributed by atoms with Gasteiger partial charge in [0.1, 0.15) is 11.9 Å². The fourth-order valence-electron chi connectivity index (χ4n) is 2.37. The summed E-state index contributed by atoms with van der Waals surface area (Å²) in [4.78, 5) is 25.9. The molecule has 1 rings (SSSR count). The number of methoxy groups -OCH3 is 1. The number of hydrogen-bond donors (Lipinski definition) is 1. The monoisotopic (exact) mass is 338 g/mol. The normalized spacial score (nSPS) is 14.8. The lowest BCUT2D eigenvalue weighted by Crippen LogP contribution is -2.48. The van der Waals surface area contributed by atoms with E-state index in [1.807, 2.05) is 32.7 Å². The Bertz CT molecular complexity index is 548. The van der Waals surface area contributed by atoms with E-state index in [4.69, 9.17) is 4.74 Å². The molecule has 0 spiro atoms. The highest BCUT2D eigenvalue weighted by molar-refractivity contribution is 5.85. The average Bonchev–Trinajstić information content (AvgIpc) is 2.58. The first-order valence-electron chi connectivity index (χ1n) is 8.13. The van der Waals surface area contributed by atoms with Crippen molar-refractivity contribution in [1.29, 1.82) is 0 Å². The van der Waals surface area contributed by atoms with Crippen LogP contribution in [0.25, 0.3) is 0 Å². The molecular weight excluding hydrogens is 311 g/mol. The van der Waals surface area contributed by atoms with Gasteiger partial charge in [0.2, 0.25) is 5.91 Å². The van der Waals surface area contributed by atoms with Gasteiger partial charge in [0.25, 0.3) is 0 Å². The number of rotatable bonds is 8. The lowest BCUT2D eigenvalue weighted by atomic mass is 9.99. The molecule has 0 bridgehead atoms. The molecule has 1 aromatic carbocycles. The number of ether oxygens (including phenoxy) is 1. The molecule has 0 aliphatic carbocycles. The minimum atomic E-state index is -0.651. The van der Waals surface area contributed by atoms with Gasteiger partial charge in [0, 0.05) is 6.04 Å². The Balaban J connectivity index is 2.67. The fourth-order valence-corrected chi connectivity index (χ4v) is 2.37. The van der Waals surface area contributed by atoms with Crippen molar-refractivity contribution < 1.29 is 18.7 Å². The van der Waals surface area contributed by atoms with E-state index in [1.54, 1.807) is 12.1 Å². The number of nitrogens with zero attached hydrogens (tertiary/aromatic N) is 1. The molecule has 24 heavy (non-hydrogen) atoms. The molecule has 3 atom stereocenters. The maximum atomic E-state index is 13.0. The maximum absolute atomic E-state index is 13.0. The van der Waals surface area contributed by atoms with Gasteiger partial charge >= 0.3 is 5.97 Å². The highest BCUT2D eigenvalue weighted by Crippen LogP contribution is 2.18. The maximum Gasteiger partial charge on any atom is 0.328 e. The van der Waals surface area contributed by atoms with Crippen LogP contribution in [-0.2, 0) is 14.3 Å². The first kappa shape index (κ1) is 20.1. The lowest BCUT2D eigenvalue weighted by molar-refractivity contribution is -0.146. The number of benzene rings is 1. The molecule has 0 aliphatic heterocycles. The second kappa shape index (κ2) is 9.37. The third-order valence-electron chi connectivity index (χ3n) is 4.39. The molecule has 0 fully saturated rings. The summed E-state index contributed by atoms with van der Waals surface area (Å²) < 4.78 is 17.8. The van der Waals surface area contributed by atoms with Crippen molar-refractivity contribution in [3.8, 4) is 0 Å². The topological polar surface area (TPSA) is 58.6 Å². The van der Waals surface area contributed by atoms with Crippen molar-refractivity contribution in [3.05, 3.63) is 35.6 Å². The Kier molecular flexibility index (Phi) is 7.85. The number of carbonyl (C=O) groups excluding carboxylic acids is 2. The number of carbonyl (C=O) groups is 2. The minimum Gasteiger partial charge on any atom is -0.467 e. The van der Waals surface area contributed by atoms with Gasteiger partial charge < -0.3 is 10.1 Å². The SMILES string of the molecule is CCC(C)C(NC(=O)CN(C)C(C)c1ccc(F)cc1)C(=O)OC. The second-order valence-electron chi connectivity index (χ2n) is 6.10. The van der Waals surface area contributed by atoms with Crippen LogP contribution in [0.1, 0.15) is 38.8 Å². The standard InChI is InChI=1S/C18H27FN2O3/c1-6-12(2)17(18(23)24-5)20-16(22)11-21(4)13(3)14-7-9-15(19)10-8-14/h7-10,12-13,17H,6,11H2,1-5H3,(H,20,22). The highest BCUT2D eigenvalue weighted by Gasteiger charge is 2.27. The van der Waals surface area contributed by atoms with Crippen LogP contribution in [0, 0.1) is 11.7 Å². The van der Waals surface area contributed by atoms with Gasteiger partial charge in [-0.15, -0.1) is 0 Å². The van der Waals surface area contributed by atoms with E-state index >= 15 is 0 Å². The zero-order valence-electron chi connectivity index (χ0n) is 15.0. The average molecular weight is 338 g/mol. The van der Waals surface area contributed by atoms with Gasteiger partial charge in [-0.2, -0.15) is 0 Å². The van der Waals surface area contributed by atoms with Gasteiger partial charge in [0.05, 0.1) is 13.7 Å². The van der Waals surface area contributed by atoms with Gasteiger partial charge in [-0.1, -0.05) is 32.4 Å². The summed E-state index contributed by atoms with van der Waals surface area (Å²) in [7, 11) is 3.12. The van der Waals surface area contributed by atoms with Crippen LogP contribution in [-0.4, -0.2) is 43.5 Å². The molecule has 6 heteroatoms. The number of likely N-dealkylation sites (N-methyl/N-ethyl adjacent to an activating group) is 1. The van der Waals surface area contributed by atoms with Crippen molar-refractivity contribution in [2.24, 2.45) is 5.92 Å². The molecule has 5 nitrogen and oxygen atoms in total. The number of amides is 1. The van der Waals surface area contributed by atoms with Crippen LogP contribution in [0.3, 0.4) is 0 Å². The zero-order chi connectivity index (χ0) is 18.3. The van der Waals surface area contributed by atoms with Crippen LogP contribution in [0.4, 0.5) is 4.39 Å². The fraction of sp³-hybridized carbons (Fsp3) is 0.556. The zero-order valence-corrected chi connectivity index (χ0v) is 15.0. The summed E-state index contributed by atoms with van der Waals surface area (Å²) in [5.74, 6) is -0.990. The van der Waals surface area contributed by atoms with Crippen molar-refractivity contribution in [1.82, 2.24) is 10.2 Å². The quantitative estimate of drug-likeness (QED) is 0.740. The molecule has 0 saturated heterocycles. The first-order valence-corrected chi connectivity index (χ1v) is 8.13. The molecular formula is C18H27FN2O3. The van der Waals surface area contributed by atoms with Crippen LogP contribution >= 0.6 is 0 Å². The van der Waals surface area contributed by atoms with Gasteiger partial charge in [-0.05, 0) is 37.6 Å². The Morgan fingerprint density at radius 3 is 2.33 bits per heavy atom. The van der Waals surface area contributed by atoms with Crippen molar-refractivity contribution in [2.45, 2.75) is 39.3 Å². The van der Waals surface area contributed by atoms with E-state index in [0.29, 0.717) is 0 Å². The Hall–Kier alpha value is -1.95. The molecule has 1 amide bonds. The molecule has 134 valence electrons. The van der Waals surface area contributed by atoms with Crippen LogP contribution in [0.2, 0.25) is 0 Å². The summed E-state index contributed by atoms with van der Waals surface area (Å²) in [5.41, 5.74) is 0.915. The van der Waals surface area contributed by atoms with Crippen LogP contribution < -0.4 is 5.32 Å². The second-order valence-corrected chi connectivity index (χ2v) is 6.10. The Morgan fingerprint density at radius 1 is 1.25 bits per heavy atom. The molecule has 1 N–H and O–H groups in total.